The molecule has 49 heavy (non-hydrogen) atoms. The Balaban J connectivity index is 1.28. The number of benzene rings is 2. The third-order valence-corrected chi connectivity index (χ3v) is 12.2. The van der Waals surface area contributed by atoms with Crippen LogP contribution in [0.4, 0.5) is 10.5 Å². The van der Waals surface area contributed by atoms with Crippen molar-refractivity contribution in [3.63, 3.8) is 0 Å². The number of hydrogen-bond donors (Lipinski definition) is 1. The van der Waals surface area contributed by atoms with Crippen LogP contribution in [0, 0.1) is 11.8 Å². The zero-order valence-electron chi connectivity index (χ0n) is 27.9. The third kappa shape index (κ3) is 6.58. The molecule has 0 unspecified atom stereocenters. The molecule has 2 amide bonds. The van der Waals surface area contributed by atoms with E-state index in [0.717, 1.165) is 18.4 Å². The van der Waals surface area contributed by atoms with Crippen LogP contribution in [0.2, 0.25) is 5.02 Å². The number of nitrogens with one attached hydrogen (secondary N) is 1. The fourth-order valence-electron chi connectivity index (χ4n) is 7.18. The molecule has 14 heteroatoms. The number of anilines is 1. The molecule has 1 spiro atoms. The van der Waals surface area contributed by atoms with Crippen molar-refractivity contribution in [1.82, 2.24) is 9.62 Å². The van der Waals surface area contributed by atoms with E-state index in [1.807, 2.05) is 24.3 Å². The number of rotatable bonds is 2. The Bertz CT molecular complexity index is 1760. The normalized spacial score (nSPS) is 29.7. The van der Waals surface area contributed by atoms with E-state index in [4.69, 9.17) is 35.3 Å². The van der Waals surface area contributed by atoms with E-state index < -0.39 is 39.1 Å². The van der Waals surface area contributed by atoms with Gasteiger partial charge in [0.2, 0.25) is 0 Å². The second-order valence-electron chi connectivity index (χ2n) is 14.2. The number of halogens is 1. The van der Waals surface area contributed by atoms with Crippen LogP contribution < -0.4 is 19.1 Å². The number of fused-ring (bicyclic) bond motifs is 4. The van der Waals surface area contributed by atoms with Gasteiger partial charge in [-0.05, 0) is 75.4 Å². The molecule has 0 radical (unpaired) electrons. The Labute approximate surface area is 291 Å². The van der Waals surface area contributed by atoms with E-state index in [2.05, 4.69) is 9.62 Å². The number of nitrogens with zero attached hydrogens (tertiary/aromatic N) is 2. The highest BCUT2D eigenvalue weighted by atomic mass is 35.5. The number of ether oxygens (including phenoxy) is 5. The Hall–Kier alpha value is -3.52. The first-order chi connectivity index (χ1) is 23.3. The van der Waals surface area contributed by atoms with E-state index in [9.17, 15) is 18.0 Å². The van der Waals surface area contributed by atoms with Gasteiger partial charge >= 0.3 is 6.09 Å². The molecule has 1 aliphatic carbocycles. The monoisotopic (exact) mass is 715 g/mol. The molecule has 2 aromatic rings. The highest BCUT2D eigenvalue weighted by Gasteiger charge is 2.46. The van der Waals surface area contributed by atoms with Gasteiger partial charge in [0.1, 0.15) is 23.2 Å². The maximum Gasteiger partial charge on any atom is 0.410 e. The summed E-state index contributed by atoms with van der Waals surface area (Å²) in [5, 5.41) is 0.575. The van der Waals surface area contributed by atoms with Crippen molar-refractivity contribution < 1.29 is 41.7 Å². The summed E-state index contributed by atoms with van der Waals surface area (Å²) in [7, 11) is -2.54. The number of likely N-dealkylation sites (N-methyl/N-ethyl adjacent to an activating group) is 1. The molecule has 4 atom stereocenters. The summed E-state index contributed by atoms with van der Waals surface area (Å²) in [5.74, 6) is 0.540. The molecule has 12 nitrogen and oxygen atoms in total. The van der Waals surface area contributed by atoms with Gasteiger partial charge in [-0.3, -0.25) is 4.79 Å². The van der Waals surface area contributed by atoms with Gasteiger partial charge in [0.25, 0.3) is 15.9 Å². The topological polar surface area (TPSA) is 133 Å². The van der Waals surface area contributed by atoms with E-state index in [1.54, 1.807) is 30.2 Å². The molecular formula is C35H42ClN3O9S. The zero-order chi connectivity index (χ0) is 34.6. The van der Waals surface area contributed by atoms with E-state index in [1.165, 1.54) is 19.9 Å². The van der Waals surface area contributed by atoms with E-state index in [0.29, 0.717) is 68.1 Å². The fourth-order valence-corrected chi connectivity index (χ4v) is 8.47. The largest absolute Gasteiger partial charge is 0.493 e. The lowest BCUT2D eigenvalue weighted by atomic mass is 9.69. The Morgan fingerprint density at radius 1 is 1.10 bits per heavy atom. The summed E-state index contributed by atoms with van der Waals surface area (Å²) in [6.45, 7) is 5.86. The van der Waals surface area contributed by atoms with Gasteiger partial charge < -0.3 is 33.5 Å². The van der Waals surface area contributed by atoms with Crippen LogP contribution >= 0.6 is 11.6 Å². The third-order valence-electron chi connectivity index (χ3n) is 10.6. The fraction of sp³-hybridized carbons (Fsp3) is 0.543. The number of hydrogen-bond acceptors (Lipinski definition) is 10. The van der Waals surface area contributed by atoms with Crippen LogP contribution in [0.15, 0.2) is 53.4 Å². The summed E-state index contributed by atoms with van der Waals surface area (Å²) in [4.78, 5) is 30.2. The highest BCUT2D eigenvalue weighted by Crippen LogP contribution is 2.48. The standard InChI is InChI=1S/C35H42ClN3O9S/c1-34(2)32(40)37-49(42,43)25-8-11-30-28(16-25)39(20-35(21-46-30)12-14-45-31-15-23(36)7-10-27(31)35)17-22-6-9-26(22)29(5-4-13-47-34)48-33(41)38(3)24-18-44-19-24/h4-5,7-8,10-11,15-16,22,24,26,29H,6,9,12-14,17-21H2,1-3H3,(H,37,40)/b5-4-/t22-,26+,29-,35-/m0/s1. The quantitative estimate of drug-likeness (QED) is 0.449. The lowest BCUT2D eigenvalue weighted by Gasteiger charge is -2.46. The molecular weight excluding hydrogens is 674 g/mol. The first-order valence-electron chi connectivity index (χ1n) is 16.7. The molecule has 4 heterocycles. The number of sulfonamides is 1. The molecule has 0 aromatic heterocycles. The smallest absolute Gasteiger partial charge is 0.410 e. The molecule has 2 aromatic carbocycles. The summed E-state index contributed by atoms with van der Waals surface area (Å²) >= 11 is 6.35. The second kappa shape index (κ2) is 13.0. The maximum atomic E-state index is 13.6. The molecule has 2 fully saturated rings. The van der Waals surface area contributed by atoms with E-state index >= 15 is 0 Å². The molecule has 1 N–H and O–H groups in total. The van der Waals surface area contributed by atoms with E-state index in [-0.39, 0.29) is 29.4 Å². The lowest BCUT2D eigenvalue weighted by molar-refractivity contribution is -0.139. The number of amides is 2. The summed E-state index contributed by atoms with van der Waals surface area (Å²) in [6.07, 6.45) is 5.00. The Morgan fingerprint density at radius 2 is 1.92 bits per heavy atom. The van der Waals surface area contributed by atoms with Crippen LogP contribution in [-0.4, -0.2) is 96.2 Å². The van der Waals surface area contributed by atoms with Crippen LogP contribution in [0.5, 0.6) is 11.5 Å². The summed E-state index contributed by atoms with van der Waals surface area (Å²) in [5.41, 5.74) is -0.369. The predicted molar refractivity (Wildman–Crippen MR) is 181 cm³/mol. The predicted octanol–water partition coefficient (Wildman–Crippen LogP) is 4.29. The van der Waals surface area contributed by atoms with Gasteiger partial charge in [-0.1, -0.05) is 23.7 Å². The summed E-state index contributed by atoms with van der Waals surface area (Å²) in [6, 6.07) is 10.3. The minimum Gasteiger partial charge on any atom is -0.493 e. The van der Waals surface area contributed by atoms with Gasteiger partial charge in [0.15, 0.2) is 0 Å². The molecule has 1 saturated carbocycles. The van der Waals surface area contributed by atoms with Crippen molar-refractivity contribution in [2.24, 2.45) is 11.8 Å². The highest BCUT2D eigenvalue weighted by molar-refractivity contribution is 7.90. The molecule has 7 rings (SSSR count). The van der Waals surface area contributed by atoms with Crippen molar-refractivity contribution >= 4 is 39.3 Å². The van der Waals surface area contributed by atoms with Gasteiger partial charge in [0, 0.05) is 36.6 Å². The van der Waals surface area contributed by atoms with Crippen molar-refractivity contribution in [2.75, 3.05) is 58.1 Å². The second-order valence-corrected chi connectivity index (χ2v) is 16.3. The lowest BCUT2D eigenvalue weighted by Crippen LogP contribution is -2.52. The maximum absolute atomic E-state index is 13.6. The molecule has 264 valence electrons. The van der Waals surface area contributed by atoms with Crippen LogP contribution in [-0.2, 0) is 34.4 Å². The van der Waals surface area contributed by atoms with Crippen molar-refractivity contribution in [3.05, 3.63) is 59.1 Å². The molecule has 5 aliphatic rings. The van der Waals surface area contributed by atoms with Gasteiger partial charge in [0.05, 0.1) is 55.1 Å². The van der Waals surface area contributed by atoms with Gasteiger partial charge in [-0.25, -0.2) is 17.9 Å². The first-order valence-corrected chi connectivity index (χ1v) is 18.6. The van der Waals surface area contributed by atoms with Crippen molar-refractivity contribution in [3.8, 4) is 11.5 Å². The number of carbonyl (C=O) groups is 2. The van der Waals surface area contributed by atoms with Crippen LogP contribution in [0.25, 0.3) is 0 Å². The van der Waals surface area contributed by atoms with Gasteiger partial charge in [-0.15, -0.1) is 0 Å². The SMILES string of the molecule is CN(C(=O)O[C@H]1/C=C\COC(C)(C)C(=O)NS(=O)(=O)c2ccc3c(c2)N(C[C@@H]2CC[C@H]21)C[C@@]1(CCOc2cc(Cl)ccc21)CO3)C1COC1. The zero-order valence-corrected chi connectivity index (χ0v) is 29.4. The minimum absolute atomic E-state index is 0.00766. The average Bonchev–Trinajstić information content (AvgIpc) is 3.16. The molecule has 2 bridgehead atoms. The van der Waals surface area contributed by atoms with Crippen LogP contribution in [0.1, 0.15) is 38.7 Å². The van der Waals surface area contributed by atoms with Crippen molar-refractivity contribution in [2.45, 2.75) is 61.2 Å². The first kappa shape index (κ1) is 34.0. The average molecular weight is 716 g/mol. The Morgan fingerprint density at radius 3 is 2.65 bits per heavy atom. The Kier molecular flexibility index (Phi) is 9.00. The van der Waals surface area contributed by atoms with Crippen LogP contribution in [0.3, 0.4) is 0 Å². The molecule has 1 saturated heterocycles. The molecule has 4 aliphatic heterocycles. The minimum atomic E-state index is -4.26. The van der Waals surface area contributed by atoms with Crippen molar-refractivity contribution in [1.29, 1.82) is 0 Å². The summed E-state index contributed by atoms with van der Waals surface area (Å²) < 4.78 is 59.2. The number of carbonyl (C=O) groups excluding carboxylic acids is 2. The van der Waals surface area contributed by atoms with Gasteiger partial charge in [-0.2, -0.15) is 0 Å².